The van der Waals surface area contributed by atoms with E-state index < -0.39 is 5.82 Å². The number of methoxy groups -OCH3 is 1. The molecule has 156 valence electrons. The van der Waals surface area contributed by atoms with Gasteiger partial charge in [-0.1, -0.05) is 18.2 Å². The molecule has 1 heterocycles. The van der Waals surface area contributed by atoms with Crippen molar-refractivity contribution in [3.63, 3.8) is 0 Å². The fraction of sp³-hybridized carbons (Fsp3) is 0.217. The Balaban J connectivity index is 1.90. The molecule has 6 nitrogen and oxygen atoms in total. The van der Waals surface area contributed by atoms with Crippen molar-refractivity contribution in [2.45, 2.75) is 0 Å². The van der Waals surface area contributed by atoms with Crippen LogP contribution in [0.1, 0.15) is 10.4 Å². The number of ether oxygens (including phenoxy) is 1. The summed E-state index contributed by atoms with van der Waals surface area (Å²) in [5, 5.41) is 2.91. The number of hydrogen-bond acceptors (Lipinski definition) is 5. The maximum absolute atomic E-state index is 13.8. The largest absolute Gasteiger partial charge is 0.494 e. The van der Waals surface area contributed by atoms with Crippen molar-refractivity contribution in [3.05, 3.63) is 66.1 Å². The van der Waals surface area contributed by atoms with E-state index in [0.717, 1.165) is 17.7 Å². The Morgan fingerprint density at radius 3 is 2.67 bits per heavy atom. The predicted molar refractivity (Wildman–Crippen MR) is 117 cm³/mol. The molecular weight excluding hydrogens is 383 g/mol. The third kappa shape index (κ3) is 4.93. The lowest BCUT2D eigenvalue weighted by Gasteiger charge is -2.12. The molecule has 0 unspecified atom stereocenters. The lowest BCUT2D eigenvalue weighted by atomic mass is 9.99. The highest BCUT2D eigenvalue weighted by atomic mass is 19.1. The van der Waals surface area contributed by atoms with Gasteiger partial charge in [0.05, 0.1) is 7.11 Å². The molecule has 7 heteroatoms. The van der Waals surface area contributed by atoms with Crippen LogP contribution < -0.4 is 15.8 Å². The van der Waals surface area contributed by atoms with Crippen LogP contribution in [0.4, 0.5) is 10.2 Å². The summed E-state index contributed by atoms with van der Waals surface area (Å²) in [4.78, 5) is 18.7. The monoisotopic (exact) mass is 408 g/mol. The molecule has 0 aliphatic carbocycles. The molecule has 30 heavy (non-hydrogen) atoms. The van der Waals surface area contributed by atoms with Crippen LogP contribution in [0.2, 0.25) is 0 Å². The van der Waals surface area contributed by atoms with Gasteiger partial charge in [-0.3, -0.25) is 4.79 Å². The first-order chi connectivity index (χ1) is 14.4. The zero-order valence-corrected chi connectivity index (χ0v) is 17.3. The van der Waals surface area contributed by atoms with Crippen molar-refractivity contribution in [3.8, 4) is 28.0 Å². The van der Waals surface area contributed by atoms with Gasteiger partial charge in [-0.15, -0.1) is 0 Å². The van der Waals surface area contributed by atoms with Crippen LogP contribution in [0.5, 0.6) is 5.75 Å². The number of likely N-dealkylation sites (N-methyl/N-ethyl adjacent to an activating group) is 1. The number of nitrogens with one attached hydrogen (secondary N) is 1. The molecule has 0 atom stereocenters. The zero-order valence-electron chi connectivity index (χ0n) is 17.3. The molecule has 2 aromatic carbocycles. The highest BCUT2D eigenvalue weighted by Gasteiger charge is 2.12. The van der Waals surface area contributed by atoms with E-state index in [1.165, 1.54) is 13.2 Å². The molecule has 0 saturated heterocycles. The lowest BCUT2D eigenvalue weighted by Crippen LogP contribution is -2.31. The van der Waals surface area contributed by atoms with E-state index in [2.05, 4.69) is 10.3 Å². The highest BCUT2D eigenvalue weighted by molar-refractivity contribution is 5.95. The van der Waals surface area contributed by atoms with Crippen molar-refractivity contribution in [1.29, 1.82) is 0 Å². The Bertz CT molecular complexity index is 1050. The van der Waals surface area contributed by atoms with Crippen molar-refractivity contribution in [1.82, 2.24) is 15.2 Å². The number of carbonyl (C=O) groups excluding carboxylic acids is 1. The molecule has 3 N–H and O–H groups in total. The standard InChI is InChI=1S/C23H25FN4O2/c1-28(2)10-9-26-23(29)17-6-4-5-15(11-17)18-12-19(22(25)27-14-18)16-7-8-20(24)21(13-16)30-3/h4-8,11-14H,9-10H2,1-3H3,(H2,25,27)(H,26,29). The minimum atomic E-state index is -0.447. The Hall–Kier alpha value is -3.45. The first kappa shape index (κ1) is 21.3. The maximum atomic E-state index is 13.8. The van der Waals surface area contributed by atoms with E-state index in [1.807, 2.05) is 43.3 Å². The summed E-state index contributed by atoms with van der Waals surface area (Å²) in [6, 6.07) is 13.7. The number of halogens is 1. The van der Waals surface area contributed by atoms with Crippen LogP contribution >= 0.6 is 0 Å². The zero-order chi connectivity index (χ0) is 21.7. The van der Waals surface area contributed by atoms with E-state index in [4.69, 9.17) is 10.5 Å². The normalized spacial score (nSPS) is 10.8. The predicted octanol–water partition coefficient (Wildman–Crippen LogP) is 3.44. The summed E-state index contributed by atoms with van der Waals surface area (Å²) >= 11 is 0. The fourth-order valence-corrected chi connectivity index (χ4v) is 3.03. The number of aromatic nitrogens is 1. The number of nitrogen functional groups attached to an aromatic ring is 1. The van der Waals surface area contributed by atoms with E-state index >= 15 is 0 Å². The number of pyridine rings is 1. The smallest absolute Gasteiger partial charge is 0.251 e. The van der Waals surface area contributed by atoms with Crippen molar-refractivity contribution in [2.75, 3.05) is 40.0 Å². The molecule has 0 aliphatic heterocycles. The lowest BCUT2D eigenvalue weighted by molar-refractivity contribution is 0.0951. The second kappa shape index (κ2) is 9.37. The van der Waals surface area contributed by atoms with Crippen LogP contribution in [0.25, 0.3) is 22.3 Å². The van der Waals surface area contributed by atoms with Crippen LogP contribution in [0, 0.1) is 5.82 Å². The fourth-order valence-electron chi connectivity index (χ4n) is 3.03. The average Bonchev–Trinajstić information content (AvgIpc) is 2.74. The Kier molecular flexibility index (Phi) is 6.64. The van der Waals surface area contributed by atoms with Crippen molar-refractivity contribution < 1.29 is 13.9 Å². The minimum Gasteiger partial charge on any atom is -0.494 e. The quantitative estimate of drug-likeness (QED) is 0.626. The number of nitrogens with two attached hydrogens (primary N) is 1. The first-order valence-electron chi connectivity index (χ1n) is 9.52. The number of hydrogen-bond donors (Lipinski definition) is 2. The summed E-state index contributed by atoms with van der Waals surface area (Å²) < 4.78 is 18.8. The van der Waals surface area contributed by atoms with Crippen molar-refractivity contribution >= 4 is 11.7 Å². The van der Waals surface area contributed by atoms with Gasteiger partial charge in [0, 0.05) is 36.0 Å². The number of benzene rings is 2. The Labute approximate surface area is 175 Å². The Morgan fingerprint density at radius 2 is 1.93 bits per heavy atom. The molecule has 0 aliphatic rings. The number of rotatable bonds is 7. The average molecular weight is 408 g/mol. The molecule has 1 amide bonds. The van der Waals surface area contributed by atoms with Crippen LogP contribution in [0.3, 0.4) is 0 Å². The molecule has 1 aromatic heterocycles. The number of nitrogens with zero attached hydrogens (tertiary/aromatic N) is 2. The van der Waals surface area contributed by atoms with Gasteiger partial charge >= 0.3 is 0 Å². The van der Waals surface area contributed by atoms with E-state index in [1.54, 1.807) is 24.4 Å². The third-order valence-electron chi connectivity index (χ3n) is 4.68. The summed E-state index contributed by atoms with van der Waals surface area (Å²) in [6.45, 7) is 1.33. The second-order valence-corrected chi connectivity index (χ2v) is 7.15. The molecule has 0 saturated carbocycles. The number of anilines is 1. The number of amides is 1. The van der Waals surface area contributed by atoms with Crippen molar-refractivity contribution in [2.24, 2.45) is 0 Å². The third-order valence-corrected chi connectivity index (χ3v) is 4.68. The first-order valence-corrected chi connectivity index (χ1v) is 9.52. The van der Waals surface area contributed by atoms with Gasteiger partial charge in [0.2, 0.25) is 0 Å². The summed E-state index contributed by atoms with van der Waals surface area (Å²) in [6.07, 6.45) is 1.66. The van der Waals surface area contributed by atoms with Gasteiger partial charge in [-0.05, 0) is 55.6 Å². The topological polar surface area (TPSA) is 80.5 Å². The highest BCUT2D eigenvalue weighted by Crippen LogP contribution is 2.32. The van der Waals surface area contributed by atoms with Crippen LogP contribution in [-0.4, -0.2) is 50.1 Å². The van der Waals surface area contributed by atoms with E-state index in [-0.39, 0.29) is 11.7 Å². The van der Waals surface area contributed by atoms with E-state index in [9.17, 15) is 9.18 Å². The van der Waals surface area contributed by atoms with Gasteiger partial charge in [-0.25, -0.2) is 9.37 Å². The van der Waals surface area contributed by atoms with Crippen LogP contribution in [-0.2, 0) is 0 Å². The van der Waals surface area contributed by atoms with Gasteiger partial charge in [0.15, 0.2) is 11.6 Å². The molecule has 3 aromatic rings. The van der Waals surface area contributed by atoms with Gasteiger partial charge in [0.25, 0.3) is 5.91 Å². The second-order valence-electron chi connectivity index (χ2n) is 7.15. The number of carbonyl (C=O) groups is 1. The molecule has 0 bridgehead atoms. The molecule has 3 rings (SSSR count). The maximum Gasteiger partial charge on any atom is 0.251 e. The SMILES string of the molecule is COc1cc(-c2cc(-c3cccc(C(=O)NCCN(C)C)c3)cnc2N)ccc1F. The Morgan fingerprint density at radius 1 is 1.13 bits per heavy atom. The van der Waals surface area contributed by atoms with Gasteiger partial charge < -0.3 is 20.7 Å². The van der Waals surface area contributed by atoms with Crippen LogP contribution in [0.15, 0.2) is 54.7 Å². The molecular formula is C23H25FN4O2. The van der Waals surface area contributed by atoms with E-state index in [0.29, 0.717) is 29.1 Å². The molecule has 0 radical (unpaired) electrons. The molecule has 0 fully saturated rings. The summed E-state index contributed by atoms with van der Waals surface area (Å²) in [7, 11) is 5.32. The summed E-state index contributed by atoms with van der Waals surface area (Å²) in [5.41, 5.74) is 9.62. The minimum absolute atomic E-state index is 0.133. The summed E-state index contributed by atoms with van der Waals surface area (Å²) in [5.74, 6) is -0.124. The van der Waals surface area contributed by atoms with Gasteiger partial charge in [-0.2, -0.15) is 0 Å². The van der Waals surface area contributed by atoms with Gasteiger partial charge in [0.1, 0.15) is 5.82 Å². The molecule has 0 spiro atoms.